The quantitative estimate of drug-likeness (QED) is 0.802. The molecule has 6 nitrogen and oxygen atoms in total. The molecule has 0 atom stereocenters. The van der Waals surface area contributed by atoms with Gasteiger partial charge in [-0.2, -0.15) is 0 Å². The summed E-state index contributed by atoms with van der Waals surface area (Å²) in [7, 11) is 0. The van der Waals surface area contributed by atoms with Crippen LogP contribution in [0.1, 0.15) is 25.7 Å². The first-order valence-corrected chi connectivity index (χ1v) is 9.90. The number of benzene rings is 1. The number of likely N-dealkylation sites (tertiary alicyclic amines) is 1. The summed E-state index contributed by atoms with van der Waals surface area (Å²) in [6, 6.07) is 11.0. The molecule has 2 fully saturated rings. The fourth-order valence-electron chi connectivity index (χ4n) is 3.27. The maximum atomic E-state index is 12.2. The molecule has 1 aromatic heterocycles. The molecule has 0 unspecified atom stereocenters. The largest absolute Gasteiger partial charge is 0.353 e. The van der Waals surface area contributed by atoms with Crippen LogP contribution in [-0.2, 0) is 4.79 Å². The van der Waals surface area contributed by atoms with E-state index >= 15 is 0 Å². The number of aromatic nitrogens is 3. The van der Waals surface area contributed by atoms with Crippen LogP contribution in [0.25, 0.3) is 5.69 Å². The molecule has 132 valence electrons. The number of hydrogen-bond donors (Lipinski definition) is 1. The van der Waals surface area contributed by atoms with E-state index in [1.807, 2.05) is 30.3 Å². The van der Waals surface area contributed by atoms with Crippen molar-refractivity contribution in [1.29, 1.82) is 0 Å². The van der Waals surface area contributed by atoms with E-state index in [1.54, 1.807) is 11.0 Å². The summed E-state index contributed by atoms with van der Waals surface area (Å²) in [5.41, 5.74) is 0.966. The zero-order valence-corrected chi connectivity index (χ0v) is 15.0. The molecule has 1 amide bonds. The maximum Gasteiger partial charge on any atom is 0.230 e. The van der Waals surface area contributed by atoms with Gasteiger partial charge < -0.3 is 10.2 Å². The number of thioether (sulfide) groups is 1. The molecule has 1 saturated heterocycles. The zero-order chi connectivity index (χ0) is 17.1. The van der Waals surface area contributed by atoms with Gasteiger partial charge in [-0.15, -0.1) is 5.10 Å². The van der Waals surface area contributed by atoms with Crippen molar-refractivity contribution >= 4 is 17.7 Å². The number of hydrogen-bond acceptors (Lipinski definition) is 5. The summed E-state index contributed by atoms with van der Waals surface area (Å²) >= 11 is 1.38. The van der Waals surface area contributed by atoms with Crippen LogP contribution in [0.3, 0.4) is 0 Å². The Bertz CT molecular complexity index is 707. The minimum absolute atomic E-state index is 0.0749. The highest BCUT2D eigenvalue weighted by atomic mass is 32.2. The van der Waals surface area contributed by atoms with Crippen molar-refractivity contribution in [2.75, 3.05) is 18.8 Å². The number of para-hydroxylation sites is 1. The fraction of sp³-hybridized carbons (Fsp3) is 0.500. The summed E-state index contributed by atoms with van der Waals surface area (Å²) in [6.45, 7) is 2.23. The smallest absolute Gasteiger partial charge is 0.230 e. The molecule has 2 heterocycles. The van der Waals surface area contributed by atoms with Crippen molar-refractivity contribution in [3.8, 4) is 5.69 Å². The molecule has 2 aliphatic rings. The molecular formula is C18H23N5OS. The Kier molecular flexibility index (Phi) is 5.03. The first-order chi connectivity index (χ1) is 12.3. The van der Waals surface area contributed by atoms with Gasteiger partial charge in [0, 0.05) is 25.2 Å². The normalized spacial score (nSPS) is 19.0. The van der Waals surface area contributed by atoms with Gasteiger partial charge in [0.15, 0.2) is 0 Å². The van der Waals surface area contributed by atoms with Crippen LogP contribution >= 0.6 is 11.8 Å². The molecule has 1 aliphatic heterocycles. The van der Waals surface area contributed by atoms with Crippen molar-refractivity contribution < 1.29 is 4.79 Å². The Morgan fingerprint density at radius 1 is 1.16 bits per heavy atom. The highest BCUT2D eigenvalue weighted by Gasteiger charge is 2.32. The molecule has 0 radical (unpaired) electrons. The van der Waals surface area contributed by atoms with Crippen molar-refractivity contribution in [2.45, 2.75) is 42.9 Å². The number of piperidine rings is 1. The summed E-state index contributed by atoms with van der Waals surface area (Å²) in [5, 5.41) is 8.20. The molecular weight excluding hydrogens is 334 g/mol. The molecule has 1 aliphatic carbocycles. The summed E-state index contributed by atoms with van der Waals surface area (Å²) in [4.78, 5) is 19.0. The Labute approximate surface area is 152 Å². The van der Waals surface area contributed by atoms with Gasteiger partial charge in [-0.25, -0.2) is 9.67 Å². The van der Waals surface area contributed by atoms with Crippen LogP contribution < -0.4 is 5.32 Å². The lowest BCUT2D eigenvalue weighted by atomic mass is 10.1. The third-order valence-corrected chi connectivity index (χ3v) is 5.63. The highest BCUT2D eigenvalue weighted by molar-refractivity contribution is 7.99. The van der Waals surface area contributed by atoms with Crippen molar-refractivity contribution in [1.82, 2.24) is 25.0 Å². The summed E-state index contributed by atoms with van der Waals surface area (Å²) in [6.07, 6.45) is 6.53. The lowest BCUT2D eigenvalue weighted by Gasteiger charge is -2.32. The van der Waals surface area contributed by atoms with Crippen LogP contribution in [0, 0.1) is 0 Å². The van der Waals surface area contributed by atoms with Crippen molar-refractivity contribution in [3.05, 3.63) is 36.7 Å². The molecule has 25 heavy (non-hydrogen) atoms. The van der Waals surface area contributed by atoms with Gasteiger partial charge in [0.05, 0.1) is 11.4 Å². The number of rotatable bonds is 6. The average molecular weight is 357 g/mol. The number of nitrogens with one attached hydrogen (secondary N) is 1. The van der Waals surface area contributed by atoms with Gasteiger partial charge in [0.25, 0.3) is 0 Å². The van der Waals surface area contributed by atoms with E-state index < -0.39 is 0 Å². The lowest BCUT2D eigenvalue weighted by Crippen LogP contribution is -2.45. The van der Waals surface area contributed by atoms with Crippen molar-refractivity contribution in [3.63, 3.8) is 0 Å². The second-order valence-electron chi connectivity index (χ2n) is 6.70. The van der Waals surface area contributed by atoms with Crippen LogP contribution in [0.5, 0.6) is 0 Å². The maximum absolute atomic E-state index is 12.2. The molecule has 4 rings (SSSR count). The standard InChI is InChI=1S/C18H23N5OS/c24-17(20-14-8-10-22(11-9-14)15-6-7-15)12-25-18-19-13-23(21-18)16-4-2-1-3-5-16/h1-5,13-15H,6-12H2,(H,20,24). The molecule has 2 aromatic rings. The Balaban J connectivity index is 1.22. The zero-order valence-electron chi connectivity index (χ0n) is 14.2. The topological polar surface area (TPSA) is 63.1 Å². The molecule has 1 aromatic carbocycles. The van der Waals surface area contributed by atoms with Gasteiger partial charge in [-0.1, -0.05) is 30.0 Å². The van der Waals surface area contributed by atoms with E-state index in [4.69, 9.17) is 0 Å². The Morgan fingerprint density at radius 3 is 2.64 bits per heavy atom. The highest BCUT2D eigenvalue weighted by Crippen LogP contribution is 2.29. The third-order valence-electron chi connectivity index (χ3n) is 4.78. The monoisotopic (exact) mass is 357 g/mol. The van der Waals surface area contributed by atoms with E-state index in [2.05, 4.69) is 20.3 Å². The second-order valence-corrected chi connectivity index (χ2v) is 7.65. The number of amides is 1. The van der Waals surface area contributed by atoms with Crippen LogP contribution in [-0.4, -0.2) is 56.5 Å². The van der Waals surface area contributed by atoms with E-state index in [0.717, 1.165) is 37.7 Å². The predicted molar refractivity (Wildman–Crippen MR) is 97.8 cm³/mol. The van der Waals surface area contributed by atoms with Crippen LogP contribution in [0.2, 0.25) is 0 Å². The van der Waals surface area contributed by atoms with E-state index in [-0.39, 0.29) is 5.91 Å². The predicted octanol–water partition coefficient (Wildman–Crippen LogP) is 2.10. The average Bonchev–Trinajstić information content (AvgIpc) is 3.39. The van der Waals surface area contributed by atoms with Gasteiger partial charge in [-0.3, -0.25) is 4.79 Å². The summed E-state index contributed by atoms with van der Waals surface area (Å²) < 4.78 is 1.73. The Morgan fingerprint density at radius 2 is 1.92 bits per heavy atom. The second kappa shape index (κ2) is 7.58. The van der Waals surface area contributed by atoms with E-state index in [0.29, 0.717) is 17.0 Å². The molecule has 7 heteroatoms. The fourth-order valence-corrected chi connectivity index (χ4v) is 3.88. The lowest BCUT2D eigenvalue weighted by molar-refractivity contribution is -0.119. The van der Waals surface area contributed by atoms with Gasteiger partial charge in [0.1, 0.15) is 6.33 Å². The first kappa shape index (κ1) is 16.6. The number of carbonyl (C=O) groups is 1. The van der Waals surface area contributed by atoms with Crippen LogP contribution in [0.15, 0.2) is 41.8 Å². The molecule has 1 saturated carbocycles. The van der Waals surface area contributed by atoms with Gasteiger partial charge in [-0.05, 0) is 37.8 Å². The first-order valence-electron chi connectivity index (χ1n) is 8.91. The minimum Gasteiger partial charge on any atom is -0.353 e. The summed E-state index contributed by atoms with van der Waals surface area (Å²) in [5.74, 6) is 0.438. The third kappa shape index (κ3) is 4.41. The minimum atomic E-state index is 0.0749. The van der Waals surface area contributed by atoms with Gasteiger partial charge >= 0.3 is 0 Å². The van der Waals surface area contributed by atoms with Crippen LogP contribution in [0.4, 0.5) is 0 Å². The Hall–Kier alpha value is -1.86. The number of nitrogens with zero attached hydrogens (tertiary/aromatic N) is 4. The molecule has 0 bridgehead atoms. The molecule has 1 N–H and O–H groups in total. The molecule has 0 spiro atoms. The van der Waals surface area contributed by atoms with Crippen molar-refractivity contribution in [2.24, 2.45) is 0 Å². The van der Waals surface area contributed by atoms with Gasteiger partial charge in [0.2, 0.25) is 11.1 Å². The SMILES string of the molecule is O=C(CSc1ncn(-c2ccccc2)n1)NC1CCN(C2CC2)CC1. The van der Waals surface area contributed by atoms with E-state index in [1.165, 1.54) is 24.6 Å². The number of carbonyl (C=O) groups excluding carboxylic acids is 1. The van der Waals surface area contributed by atoms with E-state index in [9.17, 15) is 4.79 Å².